The Bertz CT molecular complexity index is 1210. The highest BCUT2D eigenvalue weighted by atomic mass is 32.2. The van der Waals surface area contributed by atoms with Gasteiger partial charge in [-0.2, -0.15) is 0 Å². The molecule has 2 heterocycles. The van der Waals surface area contributed by atoms with Crippen LogP contribution in [0.3, 0.4) is 0 Å². The molecule has 0 amide bonds. The van der Waals surface area contributed by atoms with Crippen molar-refractivity contribution >= 4 is 28.6 Å². The Hall–Kier alpha value is -2.68. The van der Waals surface area contributed by atoms with Gasteiger partial charge in [-0.15, -0.1) is 11.8 Å². The van der Waals surface area contributed by atoms with Crippen LogP contribution in [0, 0.1) is 17.7 Å². The lowest BCUT2D eigenvalue weighted by molar-refractivity contribution is -0.137. The number of fused-ring (bicyclic) bond motifs is 1. The van der Waals surface area contributed by atoms with Crippen molar-refractivity contribution in [3.8, 4) is 5.75 Å². The monoisotopic (exact) mass is 540 g/mol. The quantitative estimate of drug-likeness (QED) is 0.198. The smallest absolute Gasteiger partial charge is 0.303 e. The Morgan fingerprint density at radius 2 is 2.08 bits per heavy atom. The van der Waals surface area contributed by atoms with E-state index in [0.29, 0.717) is 18.8 Å². The number of aliphatic hydroxyl groups excluding tert-OH is 1. The van der Waals surface area contributed by atoms with Gasteiger partial charge in [0.2, 0.25) is 0 Å². The second-order valence-corrected chi connectivity index (χ2v) is 11.2. The standard InChI is InChI=1S/C30H37FN2O4S/c1-37-24-8-9-28-27(19-24)26(12-14-32-28)29(34)10-6-21-13-16-33(20-22(21)7-11-30(35)36)15-3-17-38-25-5-2-4-23(31)18-25/h2,4-5,8-9,12,14,18-19,21-22,29,34H,3,6-7,10-11,13,15-17,20H2,1H3,(H,35,36)/t21?,22?,29-/m0/s1. The average Bonchev–Trinajstić information content (AvgIpc) is 2.92. The van der Waals surface area contributed by atoms with E-state index in [4.69, 9.17) is 4.74 Å². The van der Waals surface area contributed by atoms with Crippen molar-refractivity contribution in [1.82, 2.24) is 9.88 Å². The van der Waals surface area contributed by atoms with Crippen LogP contribution in [-0.2, 0) is 4.79 Å². The molecule has 1 fully saturated rings. The fraction of sp³-hybridized carbons (Fsp3) is 0.467. The number of aliphatic hydroxyl groups is 1. The highest BCUT2D eigenvalue weighted by Gasteiger charge is 2.30. The summed E-state index contributed by atoms with van der Waals surface area (Å²) in [5, 5.41) is 21.3. The molecule has 2 N–H and O–H groups in total. The fourth-order valence-corrected chi connectivity index (χ4v) is 6.38. The minimum atomic E-state index is -0.760. The Labute approximate surface area is 228 Å². The third-order valence-corrected chi connectivity index (χ3v) is 8.62. The summed E-state index contributed by atoms with van der Waals surface area (Å²) in [6.45, 7) is 2.81. The van der Waals surface area contributed by atoms with Crippen LogP contribution in [-0.4, -0.2) is 58.6 Å². The van der Waals surface area contributed by atoms with Crippen LogP contribution < -0.4 is 4.74 Å². The fourth-order valence-electron chi connectivity index (χ4n) is 5.50. The lowest BCUT2D eigenvalue weighted by Gasteiger charge is -2.39. The Morgan fingerprint density at radius 3 is 2.87 bits per heavy atom. The first-order chi connectivity index (χ1) is 18.4. The van der Waals surface area contributed by atoms with E-state index in [9.17, 15) is 19.4 Å². The number of benzene rings is 2. The molecule has 1 aliphatic rings. The molecule has 0 bridgehead atoms. The van der Waals surface area contributed by atoms with Crippen LogP contribution >= 0.6 is 11.8 Å². The number of ether oxygens (including phenoxy) is 1. The summed E-state index contributed by atoms with van der Waals surface area (Å²) < 4.78 is 18.8. The van der Waals surface area contributed by atoms with Crippen molar-refractivity contribution in [1.29, 1.82) is 0 Å². The minimum Gasteiger partial charge on any atom is -0.497 e. The summed E-state index contributed by atoms with van der Waals surface area (Å²) in [5.41, 5.74) is 1.68. The molecule has 4 rings (SSSR count). The maximum absolute atomic E-state index is 13.4. The summed E-state index contributed by atoms with van der Waals surface area (Å²) in [7, 11) is 1.63. The van der Waals surface area contributed by atoms with Crippen molar-refractivity contribution in [3.05, 3.63) is 66.1 Å². The number of pyridine rings is 1. The first kappa shape index (κ1) is 28.3. The molecule has 0 saturated carbocycles. The first-order valence-electron chi connectivity index (χ1n) is 13.4. The van der Waals surface area contributed by atoms with Gasteiger partial charge in [0.15, 0.2) is 0 Å². The van der Waals surface area contributed by atoms with Crippen molar-refractivity contribution in [2.24, 2.45) is 11.8 Å². The minimum absolute atomic E-state index is 0.168. The van der Waals surface area contributed by atoms with Crippen LogP contribution in [0.2, 0.25) is 0 Å². The predicted molar refractivity (Wildman–Crippen MR) is 149 cm³/mol. The number of aromatic nitrogens is 1. The number of likely N-dealkylation sites (tertiary alicyclic amines) is 1. The molecule has 2 aromatic carbocycles. The molecular formula is C30H37FN2O4S. The zero-order valence-electron chi connectivity index (χ0n) is 21.9. The molecule has 0 radical (unpaired) electrons. The molecule has 1 aromatic heterocycles. The molecule has 2 unspecified atom stereocenters. The SMILES string of the molecule is COc1ccc2nccc([C@@H](O)CCC3CCN(CCCSc4cccc(F)c4)CC3CCC(=O)O)c2c1. The van der Waals surface area contributed by atoms with Gasteiger partial charge in [0.25, 0.3) is 0 Å². The number of nitrogens with zero attached hydrogens (tertiary/aromatic N) is 2. The number of rotatable bonds is 13. The largest absolute Gasteiger partial charge is 0.497 e. The molecule has 3 aromatic rings. The maximum atomic E-state index is 13.4. The number of hydrogen-bond donors (Lipinski definition) is 2. The number of hydrogen-bond acceptors (Lipinski definition) is 6. The molecular weight excluding hydrogens is 503 g/mol. The van der Waals surface area contributed by atoms with Gasteiger partial charge in [0.1, 0.15) is 11.6 Å². The van der Waals surface area contributed by atoms with E-state index in [0.717, 1.165) is 71.8 Å². The van der Waals surface area contributed by atoms with Crippen LogP contribution in [0.25, 0.3) is 10.9 Å². The molecule has 38 heavy (non-hydrogen) atoms. The Balaban J connectivity index is 1.32. The van der Waals surface area contributed by atoms with Gasteiger partial charge in [-0.05, 0) is 111 Å². The van der Waals surface area contributed by atoms with Crippen molar-refractivity contribution in [2.45, 2.75) is 49.5 Å². The number of carboxylic acids is 1. The molecule has 204 valence electrons. The zero-order valence-corrected chi connectivity index (χ0v) is 22.7. The van der Waals surface area contributed by atoms with Crippen LogP contribution in [0.4, 0.5) is 4.39 Å². The number of piperidine rings is 1. The predicted octanol–water partition coefficient (Wildman–Crippen LogP) is 6.18. The highest BCUT2D eigenvalue weighted by Crippen LogP contribution is 2.35. The molecule has 1 saturated heterocycles. The number of carbonyl (C=O) groups is 1. The van der Waals surface area contributed by atoms with Gasteiger partial charge in [-0.25, -0.2) is 4.39 Å². The lowest BCUT2D eigenvalue weighted by Crippen LogP contribution is -2.41. The van der Waals surface area contributed by atoms with Gasteiger partial charge in [0, 0.05) is 29.4 Å². The van der Waals surface area contributed by atoms with E-state index >= 15 is 0 Å². The summed E-state index contributed by atoms with van der Waals surface area (Å²) in [5.74, 6) is 1.35. The second kappa shape index (κ2) is 13.9. The Kier molecular flexibility index (Phi) is 10.4. The number of halogens is 1. The average molecular weight is 541 g/mol. The first-order valence-corrected chi connectivity index (χ1v) is 14.3. The van der Waals surface area contributed by atoms with E-state index in [1.165, 1.54) is 6.07 Å². The molecule has 1 aliphatic heterocycles. The molecule has 3 atom stereocenters. The topological polar surface area (TPSA) is 82.9 Å². The van der Waals surface area contributed by atoms with E-state index < -0.39 is 12.1 Å². The number of thioether (sulfide) groups is 1. The summed E-state index contributed by atoms with van der Waals surface area (Å²) in [6.07, 6.45) is 5.40. The summed E-state index contributed by atoms with van der Waals surface area (Å²) >= 11 is 1.67. The molecule has 8 heteroatoms. The highest BCUT2D eigenvalue weighted by molar-refractivity contribution is 7.99. The van der Waals surface area contributed by atoms with Crippen LogP contribution in [0.1, 0.15) is 50.2 Å². The molecule has 0 aliphatic carbocycles. The number of carboxylic acid groups (broad SMARTS) is 1. The maximum Gasteiger partial charge on any atom is 0.303 e. The van der Waals surface area contributed by atoms with Gasteiger partial charge in [-0.1, -0.05) is 6.07 Å². The van der Waals surface area contributed by atoms with E-state index in [1.54, 1.807) is 37.2 Å². The normalized spacial score (nSPS) is 18.9. The van der Waals surface area contributed by atoms with Gasteiger partial charge in [0.05, 0.1) is 18.7 Å². The van der Waals surface area contributed by atoms with Gasteiger partial charge >= 0.3 is 5.97 Å². The van der Waals surface area contributed by atoms with Gasteiger partial charge in [-0.3, -0.25) is 9.78 Å². The van der Waals surface area contributed by atoms with Crippen molar-refractivity contribution < 1.29 is 24.1 Å². The van der Waals surface area contributed by atoms with E-state index in [1.807, 2.05) is 30.3 Å². The number of aliphatic carboxylic acids is 1. The molecule has 0 spiro atoms. The van der Waals surface area contributed by atoms with Crippen molar-refractivity contribution in [3.63, 3.8) is 0 Å². The van der Waals surface area contributed by atoms with E-state index in [2.05, 4.69) is 9.88 Å². The summed E-state index contributed by atoms with van der Waals surface area (Å²) in [6, 6.07) is 14.3. The third-order valence-electron chi connectivity index (χ3n) is 7.54. The molecule has 6 nitrogen and oxygen atoms in total. The zero-order chi connectivity index (χ0) is 26.9. The van der Waals surface area contributed by atoms with Gasteiger partial charge < -0.3 is 19.8 Å². The summed E-state index contributed by atoms with van der Waals surface area (Å²) in [4.78, 5) is 19.1. The van der Waals surface area contributed by atoms with Crippen LogP contribution in [0.5, 0.6) is 5.75 Å². The Morgan fingerprint density at radius 1 is 1.21 bits per heavy atom. The third kappa shape index (κ3) is 7.91. The van der Waals surface area contributed by atoms with E-state index in [-0.39, 0.29) is 18.2 Å². The van der Waals surface area contributed by atoms with Crippen molar-refractivity contribution in [2.75, 3.05) is 32.5 Å². The van der Waals surface area contributed by atoms with Crippen LogP contribution in [0.15, 0.2) is 59.6 Å². The lowest BCUT2D eigenvalue weighted by atomic mass is 9.79. The number of methoxy groups -OCH3 is 1. The second-order valence-electron chi connectivity index (χ2n) is 10.1.